The topological polar surface area (TPSA) is 55.8 Å². The van der Waals surface area contributed by atoms with Crippen LogP contribution in [0.25, 0.3) is 0 Å². The number of fused-ring (bicyclic) bond motifs is 1. The largest absolute Gasteiger partial charge is 0.378 e. The third-order valence-corrected chi connectivity index (χ3v) is 3.73. The highest BCUT2D eigenvalue weighted by atomic mass is 19.1. The third kappa shape index (κ3) is 3.01. The zero-order chi connectivity index (χ0) is 15.7. The maximum Gasteiger partial charge on any atom is 0.257 e. The first-order valence-corrected chi connectivity index (χ1v) is 7.08. The summed E-state index contributed by atoms with van der Waals surface area (Å²) in [6.07, 6.45) is -1.28. The van der Waals surface area contributed by atoms with Crippen LogP contribution in [0.3, 0.4) is 0 Å². The van der Waals surface area contributed by atoms with Crippen molar-refractivity contribution in [1.29, 1.82) is 0 Å². The number of anilines is 2. The highest BCUT2D eigenvalue weighted by Crippen LogP contribution is 2.36. The fraction of sp³-hybridized carbons (Fsp3) is 0.533. The number of halogens is 1. The van der Waals surface area contributed by atoms with Gasteiger partial charge >= 0.3 is 0 Å². The number of carbonyl (C=O) groups excluding carboxylic acids is 1. The summed E-state index contributed by atoms with van der Waals surface area (Å²) in [6.45, 7) is 5.44. The fourth-order valence-electron chi connectivity index (χ4n) is 2.82. The Kier molecular flexibility index (Phi) is 4.49. The molecular formula is C15H22FN3O2. The summed E-state index contributed by atoms with van der Waals surface area (Å²) < 4.78 is 14.4. The van der Waals surface area contributed by atoms with Gasteiger partial charge in [0.1, 0.15) is 5.82 Å². The summed E-state index contributed by atoms with van der Waals surface area (Å²) in [6, 6.07) is 2.98. The fourth-order valence-corrected chi connectivity index (χ4v) is 2.82. The van der Waals surface area contributed by atoms with Gasteiger partial charge in [-0.25, -0.2) is 4.39 Å². The normalized spacial score (nSPS) is 18.6. The van der Waals surface area contributed by atoms with Crippen molar-refractivity contribution < 1.29 is 14.3 Å². The van der Waals surface area contributed by atoms with Crippen LogP contribution in [0.15, 0.2) is 12.1 Å². The quantitative estimate of drug-likeness (QED) is 0.866. The molecule has 1 aromatic carbocycles. The van der Waals surface area contributed by atoms with Gasteiger partial charge < -0.3 is 20.2 Å². The van der Waals surface area contributed by atoms with Crippen molar-refractivity contribution in [3.63, 3.8) is 0 Å². The predicted octanol–water partition coefficient (Wildman–Crippen LogP) is 1.59. The minimum atomic E-state index is -1.28. The van der Waals surface area contributed by atoms with E-state index < -0.39 is 17.8 Å². The average molecular weight is 295 g/mol. The van der Waals surface area contributed by atoms with Crippen molar-refractivity contribution in [3.05, 3.63) is 23.5 Å². The minimum Gasteiger partial charge on any atom is -0.378 e. The van der Waals surface area contributed by atoms with E-state index in [2.05, 4.69) is 5.32 Å². The Morgan fingerprint density at radius 3 is 2.67 bits per heavy atom. The van der Waals surface area contributed by atoms with Crippen LogP contribution in [0.2, 0.25) is 0 Å². The molecule has 0 saturated carbocycles. The number of amides is 1. The summed E-state index contributed by atoms with van der Waals surface area (Å²) >= 11 is 0. The van der Waals surface area contributed by atoms with E-state index in [1.165, 1.54) is 6.07 Å². The Hall–Kier alpha value is -1.66. The molecule has 0 aliphatic carbocycles. The Balaban J connectivity index is 2.35. The molecule has 1 aliphatic rings. The molecule has 6 heteroatoms. The number of benzene rings is 1. The Morgan fingerprint density at radius 2 is 2.10 bits per heavy atom. The van der Waals surface area contributed by atoms with Crippen molar-refractivity contribution in [2.45, 2.75) is 26.0 Å². The molecule has 0 spiro atoms. The second-order valence-corrected chi connectivity index (χ2v) is 5.68. The second-order valence-electron chi connectivity index (χ2n) is 5.68. The van der Waals surface area contributed by atoms with Gasteiger partial charge in [0.2, 0.25) is 0 Å². The highest BCUT2D eigenvalue weighted by Gasteiger charge is 2.31. The first kappa shape index (κ1) is 15.7. The monoisotopic (exact) mass is 295 g/mol. The maximum atomic E-state index is 14.4. The van der Waals surface area contributed by atoms with Gasteiger partial charge in [-0.15, -0.1) is 0 Å². The van der Waals surface area contributed by atoms with Gasteiger partial charge in [-0.3, -0.25) is 4.79 Å². The molecule has 116 valence electrons. The van der Waals surface area contributed by atoms with Gasteiger partial charge in [-0.2, -0.15) is 0 Å². The lowest BCUT2D eigenvalue weighted by atomic mass is 10.1. The predicted molar refractivity (Wildman–Crippen MR) is 81.0 cm³/mol. The molecule has 0 bridgehead atoms. The van der Waals surface area contributed by atoms with Crippen molar-refractivity contribution >= 4 is 17.3 Å². The van der Waals surface area contributed by atoms with E-state index in [0.29, 0.717) is 23.5 Å². The molecule has 0 aromatic heterocycles. The van der Waals surface area contributed by atoms with Gasteiger partial charge in [0.15, 0.2) is 6.10 Å². The van der Waals surface area contributed by atoms with Gasteiger partial charge in [0, 0.05) is 30.4 Å². The van der Waals surface area contributed by atoms with Gasteiger partial charge in [-0.1, -0.05) is 0 Å². The summed E-state index contributed by atoms with van der Waals surface area (Å²) in [4.78, 5) is 15.5. The average Bonchev–Trinajstić information content (AvgIpc) is 2.66. The van der Waals surface area contributed by atoms with Crippen molar-refractivity contribution in [3.8, 4) is 0 Å². The standard InChI is InChI=1S/C15H22FN3O2/c1-5-19(9(2)8-18(3)4)13-7-12-10(6-11(13)16)14(20)15(21)17-12/h6-7,9,14,20H,5,8H2,1-4H3,(H,17,21). The number of nitrogens with zero attached hydrogens (tertiary/aromatic N) is 2. The maximum absolute atomic E-state index is 14.4. The van der Waals surface area contributed by atoms with Crippen molar-refractivity contribution in [2.24, 2.45) is 0 Å². The van der Waals surface area contributed by atoms with Gasteiger partial charge in [-0.05, 0) is 40.1 Å². The molecule has 2 rings (SSSR count). The summed E-state index contributed by atoms with van der Waals surface area (Å²) in [5.74, 6) is -0.928. The zero-order valence-electron chi connectivity index (χ0n) is 12.9. The zero-order valence-corrected chi connectivity index (χ0v) is 12.9. The van der Waals surface area contributed by atoms with Gasteiger partial charge in [0.25, 0.3) is 5.91 Å². The third-order valence-electron chi connectivity index (χ3n) is 3.73. The van der Waals surface area contributed by atoms with E-state index in [0.717, 1.165) is 6.54 Å². The molecule has 2 unspecified atom stereocenters. The molecule has 1 amide bonds. The van der Waals surface area contributed by atoms with Gasteiger partial charge in [0.05, 0.1) is 5.69 Å². The molecule has 2 N–H and O–H groups in total. The van der Waals surface area contributed by atoms with Crippen LogP contribution in [-0.2, 0) is 4.79 Å². The number of carbonyl (C=O) groups is 1. The minimum absolute atomic E-state index is 0.125. The molecule has 2 atom stereocenters. The molecule has 0 saturated heterocycles. The lowest BCUT2D eigenvalue weighted by molar-refractivity contribution is -0.123. The molecule has 1 aliphatic heterocycles. The van der Waals surface area contributed by atoms with Crippen LogP contribution >= 0.6 is 0 Å². The summed E-state index contributed by atoms with van der Waals surface area (Å²) in [5.41, 5.74) is 1.23. The van der Waals surface area contributed by atoms with Crippen LogP contribution in [-0.4, -0.2) is 49.1 Å². The first-order chi connectivity index (χ1) is 9.85. The Bertz CT molecular complexity index is 548. The summed E-state index contributed by atoms with van der Waals surface area (Å²) in [7, 11) is 3.94. The summed E-state index contributed by atoms with van der Waals surface area (Å²) in [5, 5.41) is 12.3. The van der Waals surface area contributed by atoms with Crippen molar-refractivity contribution in [2.75, 3.05) is 37.4 Å². The lowest BCUT2D eigenvalue weighted by Gasteiger charge is -2.32. The number of nitrogens with one attached hydrogen (secondary N) is 1. The van der Waals surface area contributed by atoms with E-state index in [1.54, 1.807) is 6.07 Å². The second kappa shape index (κ2) is 5.99. The van der Waals surface area contributed by atoms with E-state index in [4.69, 9.17) is 0 Å². The molecule has 21 heavy (non-hydrogen) atoms. The molecular weight excluding hydrogens is 273 g/mol. The highest BCUT2D eigenvalue weighted by molar-refractivity contribution is 6.02. The van der Waals surface area contributed by atoms with E-state index in [9.17, 15) is 14.3 Å². The van der Waals surface area contributed by atoms with Crippen LogP contribution in [0.1, 0.15) is 25.5 Å². The van der Waals surface area contributed by atoms with Crippen LogP contribution in [0.5, 0.6) is 0 Å². The Morgan fingerprint density at radius 1 is 1.43 bits per heavy atom. The molecule has 5 nitrogen and oxygen atoms in total. The van der Waals surface area contributed by atoms with E-state index in [-0.39, 0.29) is 6.04 Å². The van der Waals surface area contributed by atoms with Crippen LogP contribution in [0, 0.1) is 5.82 Å². The van der Waals surface area contributed by atoms with E-state index >= 15 is 0 Å². The molecule has 1 heterocycles. The molecule has 0 radical (unpaired) electrons. The van der Waals surface area contributed by atoms with E-state index in [1.807, 2.05) is 37.7 Å². The number of hydrogen-bond acceptors (Lipinski definition) is 4. The number of likely N-dealkylation sites (N-methyl/N-ethyl adjacent to an activating group) is 2. The molecule has 1 aromatic rings. The lowest BCUT2D eigenvalue weighted by Crippen LogP contribution is -2.40. The number of aliphatic hydroxyl groups is 1. The van der Waals surface area contributed by atoms with Crippen LogP contribution in [0.4, 0.5) is 15.8 Å². The first-order valence-electron chi connectivity index (χ1n) is 7.08. The SMILES string of the molecule is CCN(c1cc2c(cc1F)C(O)C(=O)N2)C(C)CN(C)C. The molecule has 0 fully saturated rings. The van der Waals surface area contributed by atoms with Crippen LogP contribution < -0.4 is 10.2 Å². The number of aliphatic hydroxyl groups excluding tert-OH is 1. The smallest absolute Gasteiger partial charge is 0.257 e. The Labute approximate surface area is 124 Å². The number of hydrogen-bond donors (Lipinski definition) is 2. The number of rotatable bonds is 5. The van der Waals surface area contributed by atoms with Crippen molar-refractivity contribution in [1.82, 2.24) is 4.90 Å².